The highest BCUT2D eigenvalue weighted by Gasteiger charge is 2.11. The zero-order chi connectivity index (χ0) is 15.2. The number of ether oxygens (including phenoxy) is 1. The molecule has 0 atom stereocenters. The number of aromatic nitrogens is 1. The minimum Gasteiger partial charge on any atom is -0.494 e. The Morgan fingerprint density at radius 3 is 3.05 bits per heavy atom. The summed E-state index contributed by atoms with van der Waals surface area (Å²) in [7, 11) is 1.35. The van der Waals surface area contributed by atoms with Gasteiger partial charge in [0, 0.05) is 5.56 Å². The molecule has 0 aliphatic rings. The SMILES string of the molecule is COc1ccc(C(=O)Nc2ncc(C#CCO)s2)cc1F. The fraction of sp³-hybridized carbons (Fsp3) is 0.143. The molecule has 21 heavy (non-hydrogen) atoms. The van der Waals surface area contributed by atoms with Crippen LogP contribution in [0.25, 0.3) is 0 Å². The molecule has 0 aliphatic carbocycles. The van der Waals surface area contributed by atoms with Crippen LogP contribution in [0.2, 0.25) is 0 Å². The minimum absolute atomic E-state index is 0.0716. The number of hydrogen-bond donors (Lipinski definition) is 2. The number of thiazole rings is 1. The smallest absolute Gasteiger partial charge is 0.257 e. The molecule has 0 fully saturated rings. The van der Waals surface area contributed by atoms with Crippen molar-refractivity contribution in [2.75, 3.05) is 19.0 Å². The van der Waals surface area contributed by atoms with E-state index in [1.165, 1.54) is 25.4 Å². The lowest BCUT2D eigenvalue weighted by atomic mass is 10.2. The van der Waals surface area contributed by atoms with Gasteiger partial charge in [0.1, 0.15) is 6.61 Å². The first-order valence-corrected chi connectivity index (χ1v) is 6.66. The van der Waals surface area contributed by atoms with Crippen LogP contribution in [-0.2, 0) is 0 Å². The maximum Gasteiger partial charge on any atom is 0.257 e. The average molecular weight is 306 g/mol. The Hall–Kier alpha value is -2.43. The number of benzene rings is 1. The third kappa shape index (κ3) is 3.78. The summed E-state index contributed by atoms with van der Waals surface area (Å²) in [6, 6.07) is 3.93. The molecule has 2 aromatic rings. The topological polar surface area (TPSA) is 71.5 Å². The van der Waals surface area contributed by atoms with E-state index in [9.17, 15) is 9.18 Å². The van der Waals surface area contributed by atoms with Gasteiger partial charge in [-0.1, -0.05) is 23.2 Å². The fourth-order valence-electron chi connectivity index (χ4n) is 1.49. The highest BCUT2D eigenvalue weighted by atomic mass is 32.1. The van der Waals surface area contributed by atoms with E-state index < -0.39 is 11.7 Å². The van der Waals surface area contributed by atoms with E-state index >= 15 is 0 Å². The zero-order valence-electron chi connectivity index (χ0n) is 11.0. The number of rotatable bonds is 3. The zero-order valence-corrected chi connectivity index (χ0v) is 11.8. The second-order valence-corrected chi connectivity index (χ2v) is 4.82. The van der Waals surface area contributed by atoms with Crippen LogP contribution in [0.3, 0.4) is 0 Å². The maximum absolute atomic E-state index is 13.5. The molecule has 5 nitrogen and oxygen atoms in total. The molecule has 0 saturated carbocycles. The molecule has 1 amide bonds. The predicted molar refractivity (Wildman–Crippen MR) is 77.0 cm³/mol. The van der Waals surface area contributed by atoms with E-state index in [0.29, 0.717) is 10.0 Å². The lowest BCUT2D eigenvalue weighted by Gasteiger charge is -2.04. The summed E-state index contributed by atoms with van der Waals surface area (Å²) in [6.07, 6.45) is 1.48. The fourth-order valence-corrected chi connectivity index (χ4v) is 2.18. The van der Waals surface area contributed by atoms with Crippen LogP contribution in [0.15, 0.2) is 24.4 Å². The summed E-state index contributed by atoms with van der Waals surface area (Å²) >= 11 is 1.16. The number of aliphatic hydroxyl groups excluding tert-OH is 1. The number of hydrogen-bond acceptors (Lipinski definition) is 5. The second-order valence-electron chi connectivity index (χ2n) is 3.79. The van der Waals surface area contributed by atoms with Gasteiger partial charge in [-0.05, 0) is 18.2 Å². The summed E-state index contributed by atoms with van der Waals surface area (Å²) in [5.41, 5.74) is 0.159. The van der Waals surface area contributed by atoms with Crippen molar-refractivity contribution >= 4 is 22.4 Å². The van der Waals surface area contributed by atoms with E-state index in [-0.39, 0.29) is 17.9 Å². The summed E-state index contributed by atoms with van der Waals surface area (Å²) in [4.78, 5) is 16.5. The maximum atomic E-state index is 13.5. The van der Waals surface area contributed by atoms with Gasteiger partial charge in [-0.15, -0.1) is 0 Å². The molecule has 1 aromatic heterocycles. The standard InChI is InChI=1S/C14H11FN2O3S/c1-20-12-5-4-9(7-11(12)15)13(19)17-14-16-8-10(21-14)3-2-6-18/h4-5,7-8,18H,6H2,1H3,(H,16,17,19). The van der Waals surface area contributed by atoms with Gasteiger partial charge in [0.05, 0.1) is 18.2 Å². The van der Waals surface area contributed by atoms with Crippen molar-refractivity contribution in [2.24, 2.45) is 0 Å². The Labute approximate surface area is 124 Å². The van der Waals surface area contributed by atoms with Crippen molar-refractivity contribution in [3.05, 3.63) is 40.7 Å². The van der Waals surface area contributed by atoms with Gasteiger partial charge in [-0.25, -0.2) is 9.37 Å². The van der Waals surface area contributed by atoms with Crippen LogP contribution in [0, 0.1) is 17.7 Å². The highest BCUT2D eigenvalue weighted by Crippen LogP contribution is 2.20. The first-order valence-electron chi connectivity index (χ1n) is 5.84. The Morgan fingerprint density at radius 1 is 1.57 bits per heavy atom. The number of nitrogens with zero attached hydrogens (tertiary/aromatic N) is 1. The number of anilines is 1. The Morgan fingerprint density at radius 2 is 2.38 bits per heavy atom. The number of halogens is 1. The van der Waals surface area contributed by atoms with E-state index in [1.54, 1.807) is 0 Å². The normalized spacial score (nSPS) is 9.67. The average Bonchev–Trinajstić information content (AvgIpc) is 2.92. The minimum atomic E-state index is -0.612. The molecule has 108 valence electrons. The van der Waals surface area contributed by atoms with Crippen LogP contribution >= 0.6 is 11.3 Å². The quantitative estimate of drug-likeness (QED) is 0.850. The number of aliphatic hydroxyl groups is 1. The van der Waals surface area contributed by atoms with Crippen molar-refractivity contribution in [1.82, 2.24) is 4.98 Å². The molecular formula is C14H11FN2O3S. The lowest BCUT2D eigenvalue weighted by molar-refractivity contribution is 0.102. The van der Waals surface area contributed by atoms with Crippen molar-refractivity contribution in [1.29, 1.82) is 0 Å². The van der Waals surface area contributed by atoms with Crippen LogP contribution < -0.4 is 10.1 Å². The highest BCUT2D eigenvalue weighted by molar-refractivity contribution is 7.16. The molecule has 0 bridgehead atoms. The molecule has 0 aliphatic heterocycles. The summed E-state index contributed by atoms with van der Waals surface area (Å²) < 4.78 is 18.3. The second kappa shape index (κ2) is 6.83. The summed E-state index contributed by atoms with van der Waals surface area (Å²) in [6.45, 7) is -0.245. The van der Waals surface area contributed by atoms with E-state index in [1.807, 2.05) is 0 Å². The van der Waals surface area contributed by atoms with E-state index in [2.05, 4.69) is 22.1 Å². The first-order chi connectivity index (χ1) is 10.1. The Balaban J connectivity index is 2.10. The van der Waals surface area contributed by atoms with Crippen LogP contribution in [0.4, 0.5) is 9.52 Å². The molecule has 1 aromatic carbocycles. The van der Waals surface area contributed by atoms with Crippen LogP contribution in [0.5, 0.6) is 5.75 Å². The third-order valence-electron chi connectivity index (χ3n) is 2.43. The molecule has 7 heteroatoms. The number of nitrogens with one attached hydrogen (secondary N) is 1. The predicted octanol–water partition coefficient (Wildman–Crippen LogP) is 1.89. The molecule has 2 rings (SSSR count). The molecule has 2 N–H and O–H groups in total. The summed E-state index contributed by atoms with van der Waals surface area (Å²) in [5, 5.41) is 11.5. The number of carbonyl (C=O) groups is 1. The first kappa shape index (κ1) is 15.0. The van der Waals surface area contributed by atoms with Gasteiger partial charge in [0.25, 0.3) is 5.91 Å². The van der Waals surface area contributed by atoms with Crippen LogP contribution in [-0.4, -0.2) is 29.7 Å². The third-order valence-corrected chi connectivity index (χ3v) is 3.26. The molecule has 0 saturated heterocycles. The van der Waals surface area contributed by atoms with Crippen LogP contribution in [0.1, 0.15) is 15.2 Å². The van der Waals surface area contributed by atoms with Gasteiger partial charge >= 0.3 is 0 Å². The molecule has 0 unspecified atom stereocenters. The molecular weight excluding hydrogens is 295 g/mol. The van der Waals surface area contributed by atoms with Gasteiger partial charge in [0.15, 0.2) is 16.7 Å². The molecule has 0 radical (unpaired) electrons. The van der Waals surface area contributed by atoms with Crippen molar-refractivity contribution in [3.8, 4) is 17.6 Å². The van der Waals surface area contributed by atoms with E-state index in [0.717, 1.165) is 17.4 Å². The number of methoxy groups -OCH3 is 1. The Bertz CT molecular complexity index is 718. The van der Waals surface area contributed by atoms with Gasteiger partial charge < -0.3 is 9.84 Å². The number of carbonyl (C=O) groups excluding carboxylic acids is 1. The Kier molecular flexibility index (Phi) is 4.87. The molecule has 0 spiro atoms. The van der Waals surface area contributed by atoms with Crippen molar-refractivity contribution in [3.63, 3.8) is 0 Å². The monoisotopic (exact) mass is 306 g/mol. The van der Waals surface area contributed by atoms with Gasteiger partial charge in [-0.2, -0.15) is 0 Å². The van der Waals surface area contributed by atoms with Crippen molar-refractivity contribution < 1.29 is 19.0 Å². The molecule has 1 heterocycles. The lowest BCUT2D eigenvalue weighted by Crippen LogP contribution is -2.11. The van der Waals surface area contributed by atoms with Crippen molar-refractivity contribution in [2.45, 2.75) is 0 Å². The van der Waals surface area contributed by atoms with Gasteiger partial charge in [-0.3, -0.25) is 10.1 Å². The summed E-state index contributed by atoms with van der Waals surface area (Å²) in [5.74, 6) is 4.14. The van der Waals surface area contributed by atoms with E-state index in [4.69, 9.17) is 9.84 Å². The largest absolute Gasteiger partial charge is 0.494 e. The van der Waals surface area contributed by atoms with Gasteiger partial charge in [0.2, 0.25) is 0 Å². The number of amides is 1.